The molecule has 196 valence electrons. The lowest BCUT2D eigenvalue weighted by Crippen LogP contribution is -2.47. The molecule has 37 heavy (non-hydrogen) atoms. The SMILES string of the molecule is O=C(O)C(F)(F)F.O=S1CCc2nc(N3CCN(c4ccncn4)CC3)nc(Nc3cccc(F)c3)c21. The van der Waals surface area contributed by atoms with Crippen molar-refractivity contribution < 1.29 is 31.7 Å². The highest BCUT2D eigenvalue weighted by Gasteiger charge is 2.38. The molecular weight excluding hydrogens is 518 g/mol. The lowest BCUT2D eigenvalue weighted by atomic mass is 10.3. The third-order valence-electron chi connectivity index (χ3n) is 5.46. The van der Waals surface area contributed by atoms with E-state index in [-0.39, 0.29) is 5.82 Å². The number of fused-ring (bicyclic) bond motifs is 1. The fourth-order valence-electron chi connectivity index (χ4n) is 3.72. The number of aromatic nitrogens is 4. The molecule has 1 unspecified atom stereocenters. The Morgan fingerprint density at radius 1 is 1.08 bits per heavy atom. The quantitative estimate of drug-likeness (QED) is 0.478. The Hall–Kier alpha value is -3.88. The lowest BCUT2D eigenvalue weighted by Gasteiger charge is -2.35. The summed E-state index contributed by atoms with van der Waals surface area (Å²) in [4.78, 5) is 31.5. The maximum absolute atomic E-state index is 13.6. The van der Waals surface area contributed by atoms with Crippen molar-refractivity contribution in [3.05, 3.63) is 54.4 Å². The first kappa shape index (κ1) is 26.2. The number of nitrogens with one attached hydrogen (secondary N) is 1. The van der Waals surface area contributed by atoms with Crippen LogP contribution in [0.4, 0.5) is 40.8 Å². The van der Waals surface area contributed by atoms with Gasteiger partial charge in [0, 0.05) is 50.2 Å². The zero-order valence-electron chi connectivity index (χ0n) is 19.2. The van der Waals surface area contributed by atoms with E-state index in [1.807, 2.05) is 6.07 Å². The first-order valence-corrected chi connectivity index (χ1v) is 12.3. The molecule has 1 saturated heterocycles. The molecule has 2 aromatic heterocycles. The van der Waals surface area contributed by atoms with Gasteiger partial charge in [-0.15, -0.1) is 0 Å². The normalized spacial score (nSPS) is 17.0. The molecule has 3 aromatic rings. The number of aliphatic carboxylic acids is 1. The zero-order valence-corrected chi connectivity index (χ0v) is 20.0. The molecule has 0 spiro atoms. The van der Waals surface area contributed by atoms with Crippen molar-refractivity contribution in [2.24, 2.45) is 0 Å². The standard InChI is InChI=1S/C20H20FN7OS.C2HF3O2/c21-14-2-1-3-15(12-14)24-19-18-16(5-11-30(18)29)25-20(26-19)28-9-7-27(8-10-28)17-4-6-22-13-23-17;3-2(4,5)1(6)7/h1-4,6,12-13H,5,7-11H2,(H,24,25,26);(H,6,7). The average molecular weight is 540 g/mol. The molecule has 4 heterocycles. The van der Waals surface area contributed by atoms with Gasteiger partial charge in [-0.05, 0) is 24.3 Å². The number of aryl methyl sites for hydroxylation is 1. The van der Waals surface area contributed by atoms with E-state index in [4.69, 9.17) is 14.9 Å². The highest BCUT2D eigenvalue weighted by Crippen LogP contribution is 2.32. The maximum atomic E-state index is 13.6. The van der Waals surface area contributed by atoms with Crippen LogP contribution in [0.2, 0.25) is 0 Å². The molecule has 0 bridgehead atoms. The van der Waals surface area contributed by atoms with Crippen LogP contribution in [0.3, 0.4) is 0 Å². The van der Waals surface area contributed by atoms with E-state index in [1.54, 1.807) is 24.7 Å². The van der Waals surface area contributed by atoms with E-state index in [0.717, 1.165) is 37.7 Å². The molecule has 2 aliphatic rings. The lowest BCUT2D eigenvalue weighted by molar-refractivity contribution is -0.192. The summed E-state index contributed by atoms with van der Waals surface area (Å²) in [5, 5.41) is 10.3. The van der Waals surface area contributed by atoms with Gasteiger partial charge in [-0.3, -0.25) is 4.21 Å². The summed E-state index contributed by atoms with van der Waals surface area (Å²) in [7, 11) is -1.15. The molecule has 1 atom stereocenters. The molecule has 0 amide bonds. The second kappa shape index (κ2) is 11.0. The predicted molar refractivity (Wildman–Crippen MR) is 127 cm³/mol. The van der Waals surface area contributed by atoms with E-state index in [1.165, 1.54) is 12.1 Å². The Balaban J connectivity index is 0.000000405. The summed E-state index contributed by atoms with van der Waals surface area (Å²) in [6.45, 7) is 3.06. The number of carbonyl (C=O) groups is 1. The minimum absolute atomic E-state index is 0.340. The Labute approximate surface area is 210 Å². The van der Waals surface area contributed by atoms with Gasteiger partial charge in [0.15, 0.2) is 5.82 Å². The molecule has 0 saturated carbocycles. The van der Waals surface area contributed by atoms with E-state index < -0.39 is 22.9 Å². The summed E-state index contributed by atoms with van der Waals surface area (Å²) in [6, 6.07) is 8.07. The summed E-state index contributed by atoms with van der Waals surface area (Å²) in [5.41, 5.74) is 1.37. The average Bonchev–Trinajstić information content (AvgIpc) is 3.25. The number of benzene rings is 1. The zero-order chi connectivity index (χ0) is 26.6. The van der Waals surface area contributed by atoms with Gasteiger partial charge in [0.25, 0.3) is 0 Å². The molecule has 5 rings (SSSR count). The monoisotopic (exact) mass is 539 g/mol. The van der Waals surface area contributed by atoms with Crippen LogP contribution in [0, 0.1) is 5.82 Å². The van der Waals surface area contributed by atoms with Crippen molar-refractivity contribution in [3.63, 3.8) is 0 Å². The van der Waals surface area contributed by atoms with Crippen molar-refractivity contribution in [1.29, 1.82) is 0 Å². The van der Waals surface area contributed by atoms with E-state index in [0.29, 0.717) is 34.5 Å². The van der Waals surface area contributed by atoms with Crippen molar-refractivity contribution in [3.8, 4) is 0 Å². The largest absolute Gasteiger partial charge is 0.490 e. The third kappa shape index (κ3) is 6.47. The van der Waals surface area contributed by atoms with E-state index >= 15 is 0 Å². The van der Waals surface area contributed by atoms with Crippen LogP contribution in [0.15, 0.2) is 47.8 Å². The van der Waals surface area contributed by atoms with Gasteiger partial charge in [0.1, 0.15) is 22.9 Å². The highest BCUT2D eigenvalue weighted by molar-refractivity contribution is 7.85. The summed E-state index contributed by atoms with van der Waals surface area (Å²) >= 11 is 0. The highest BCUT2D eigenvalue weighted by atomic mass is 32.2. The number of hydrogen-bond acceptors (Lipinski definition) is 9. The Bertz CT molecular complexity index is 1290. The third-order valence-corrected chi connectivity index (χ3v) is 6.92. The Kier molecular flexibility index (Phi) is 7.80. The number of alkyl halides is 3. The second-order valence-electron chi connectivity index (χ2n) is 7.93. The molecule has 10 nitrogen and oxygen atoms in total. The first-order valence-electron chi connectivity index (χ1n) is 11.0. The molecule has 0 aliphatic carbocycles. The van der Waals surface area contributed by atoms with Crippen LogP contribution < -0.4 is 15.1 Å². The van der Waals surface area contributed by atoms with Crippen LogP contribution in [-0.4, -0.2) is 73.3 Å². The van der Waals surface area contributed by atoms with Crippen molar-refractivity contribution in [2.45, 2.75) is 17.5 Å². The maximum Gasteiger partial charge on any atom is 0.490 e. The fraction of sp³-hybridized carbons (Fsp3) is 0.318. The van der Waals surface area contributed by atoms with Gasteiger partial charge in [0.2, 0.25) is 5.95 Å². The molecule has 2 N–H and O–H groups in total. The number of carboxylic acid groups (broad SMARTS) is 1. The van der Waals surface area contributed by atoms with E-state index in [9.17, 15) is 21.8 Å². The first-order chi connectivity index (χ1) is 17.6. The van der Waals surface area contributed by atoms with Gasteiger partial charge in [0.05, 0.1) is 16.5 Å². The van der Waals surface area contributed by atoms with Crippen LogP contribution >= 0.6 is 0 Å². The number of halogens is 4. The Morgan fingerprint density at radius 2 is 1.78 bits per heavy atom. The Morgan fingerprint density at radius 3 is 2.41 bits per heavy atom. The van der Waals surface area contributed by atoms with Gasteiger partial charge >= 0.3 is 12.1 Å². The van der Waals surface area contributed by atoms with Crippen LogP contribution in [0.1, 0.15) is 5.69 Å². The minimum Gasteiger partial charge on any atom is -0.475 e. The molecular formula is C22H21F4N7O3S. The van der Waals surface area contributed by atoms with E-state index in [2.05, 4.69) is 30.1 Å². The van der Waals surface area contributed by atoms with Gasteiger partial charge in [-0.1, -0.05) is 6.07 Å². The molecule has 1 aromatic carbocycles. The molecule has 15 heteroatoms. The molecule has 0 radical (unpaired) electrons. The fourth-order valence-corrected chi connectivity index (χ4v) is 5.03. The van der Waals surface area contributed by atoms with Gasteiger partial charge in [-0.25, -0.2) is 24.1 Å². The smallest absolute Gasteiger partial charge is 0.475 e. The van der Waals surface area contributed by atoms with Gasteiger partial charge < -0.3 is 20.2 Å². The number of hydrogen-bond donors (Lipinski definition) is 2. The number of anilines is 4. The number of rotatable bonds is 4. The van der Waals surface area contributed by atoms with Gasteiger partial charge in [-0.2, -0.15) is 18.2 Å². The van der Waals surface area contributed by atoms with Crippen LogP contribution in [0.5, 0.6) is 0 Å². The van der Waals surface area contributed by atoms with Crippen molar-refractivity contribution >= 4 is 40.0 Å². The summed E-state index contributed by atoms with van der Waals surface area (Å²) < 4.78 is 57.9. The molecule has 2 aliphatic heterocycles. The topological polar surface area (TPSA) is 124 Å². The number of nitrogens with zero attached hydrogens (tertiary/aromatic N) is 6. The number of piperazine rings is 1. The van der Waals surface area contributed by atoms with Crippen LogP contribution in [-0.2, 0) is 22.0 Å². The number of carboxylic acids is 1. The minimum atomic E-state index is -5.08. The predicted octanol–water partition coefficient (Wildman–Crippen LogP) is 2.77. The van der Waals surface area contributed by atoms with Crippen molar-refractivity contribution in [1.82, 2.24) is 19.9 Å². The summed E-state index contributed by atoms with van der Waals surface area (Å²) in [5.74, 6) is -0.556. The summed E-state index contributed by atoms with van der Waals surface area (Å²) in [6.07, 6.45) is -1.14. The molecule has 1 fully saturated rings. The second-order valence-corrected chi connectivity index (χ2v) is 9.44. The van der Waals surface area contributed by atoms with Crippen LogP contribution in [0.25, 0.3) is 0 Å². The van der Waals surface area contributed by atoms with Crippen molar-refractivity contribution in [2.75, 3.05) is 47.0 Å².